The van der Waals surface area contributed by atoms with Crippen LogP contribution in [0.5, 0.6) is 0 Å². The molecule has 0 fully saturated rings. The van der Waals surface area contributed by atoms with Crippen LogP contribution >= 0.6 is 15.9 Å². The van der Waals surface area contributed by atoms with Crippen LogP contribution in [0, 0.1) is 11.3 Å². The van der Waals surface area contributed by atoms with Crippen molar-refractivity contribution in [3.05, 3.63) is 28.6 Å². The molecular formula is C9H4BrF5N2. The third-order valence-corrected chi connectivity index (χ3v) is 2.43. The second-order valence-corrected chi connectivity index (χ2v) is 3.53. The average Bonchev–Trinajstić information content (AvgIpc) is 2.25. The fourth-order valence-corrected chi connectivity index (χ4v) is 1.47. The van der Waals surface area contributed by atoms with Crippen LogP contribution in [0.2, 0.25) is 0 Å². The first-order chi connectivity index (χ1) is 7.81. The summed E-state index contributed by atoms with van der Waals surface area (Å²) in [5, 5.41) is 8.43. The minimum Gasteiger partial charge on any atom is -0.246 e. The number of nitriles is 1. The van der Waals surface area contributed by atoms with E-state index < -0.39 is 29.4 Å². The molecule has 0 saturated heterocycles. The highest BCUT2D eigenvalue weighted by molar-refractivity contribution is 9.08. The molecule has 0 aliphatic heterocycles. The van der Waals surface area contributed by atoms with E-state index in [1.54, 1.807) is 0 Å². The highest BCUT2D eigenvalue weighted by Crippen LogP contribution is 2.35. The number of aromatic nitrogens is 1. The summed E-state index contributed by atoms with van der Waals surface area (Å²) in [4.78, 5) is 3.15. The van der Waals surface area contributed by atoms with Crippen LogP contribution in [0.25, 0.3) is 0 Å². The molecule has 1 aromatic rings. The third kappa shape index (κ3) is 2.91. The highest BCUT2D eigenvalue weighted by atomic mass is 79.9. The van der Waals surface area contributed by atoms with Crippen LogP contribution in [0.3, 0.4) is 0 Å². The lowest BCUT2D eigenvalue weighted by molar-refractivity contribution is -0.141. The Balaban J connectivity index is 3.58. The molecule has 0 bridgehead atoms. The number of alkyl halides is 6. The van der Waals surface area contributed by atoms with E-state index in [4.69, 9.17) is 5.26 Å². The predicted molar refractivity (Wildman–Crippen MR) is 51.5 cm³/mol. The van der Waals surface area contributed by atoms with Gasteiger partial charge in [-0.15, -0.1) is 0 Å². The van der Waals surface area contributed by atoms with E-state index in [1.165, 1.54) is 0 Å². The molecule has 17 heavy (non-hydrogen) atoms. The molecule has 1 heterocycles. The Bertz CT molecular complexity index is 464. The van der Waals surface area contributed by atoms with Gasteiger partial charge in [0.2, 0.25) is 0 Å². The largest absolute Gasteiger partial charge is 0.434 e. The van der Waals surface area contributed by atoms with Crippen molar-refractivity contribution in [2.45, 2.75) is 17.9 Å². The summed E-state index contributed by atoms with van der Waals surface area (Å²) in [6.45, 7) is 0. The average molecular weight is 315 g/mol. The molecule has 0 spiro atoms. The van der Waals surface area contributed by atoms with E-state index in [0.29, 0.717) is 0 Å². The van der Waals surface area contributed by atoms with E-state index in [0.717, 1.165) is 12.1 Å². The molecular weight excluding hydrogens is 311 g/mol. The second-order valence-electron chi connectivity index (χ2n) is 2.97. The zero-order valence-electron chi connectivity index (χ0n) is 8.02. The number of hydrogen-bond donors (Lipinski definition) is 0. The molecule has 1 rings (SSSR count). The van der Waals surface area contributed by atoms with Crippen LogP contribution in [0.1, 0.15) is 28.9 Å². The topological polar surface area (TPSA) is 36.7 Å². The Labute approximate surface area is 101 Å². The van der Waals surface area contributed by atoms with Gasteiger partial charge in [0.25, 0.3) is 6.43 Å². The molecule has 92 valence electrons. The molecule has 0 atom stereocenters. The molecule has 8 heteroatoms. The Morgan fingerprint density at radius 2 is 2.00 bits per heavy atom. The van der Waals surface area contributed by atoms with Crippen molar-refractivity contribution in [2.24, 2.45) is 0 Å². The molecule has 0 unspecified atom stereocenters. The van der Waals surface area contributed by atoms with Gasteiger partial charge in [-0.3, -0.25) is 0 Å². The summed E-state index contributed by atoms with van der Waals surface area (Å²) in [6, 6.07) is 1.91. The maximum absolute atomic E-state index is 12.5. The van der Waals surface area contributed by atoms with Gasteiger partial charge in [-0.2, -0.15) is 18.4 Å². The summed E-state index contributed by atoms with van der Waals surface area (Å²) in [6.07, 6.45) is -8.10. The standard InChI is InChI=1S/C9H4BrF5N2/c10-2-4-1-5(8(11)12)6(3-16)7(17-4)9(13,14)15/h1,8H,2H2. The lowest BCUT2D eigenvalue weighted by Gasteiger charge is -2.12. The lowest BCUT2D eigenvalue weighted by Crippen LogP contribution is -2.14. The van der Waals surface area contributed by atoms with Crippen LogP contribution in [-0.2, 0) is 11.5 Å². The normalized spacial score (nSPS) is 11.6. The van der Waals surface area contributed by atoms with Gasteiger partial charge in [-0.05, 0) is 6.07 Å². The van der Waals surface area contributed by atoms with Crippen molar-refractivity contribution < 1.29 is 22.0 Å². The Hall–Kier alpha value is -1.23. The minimum atomic E-state index is -4.94. The highest BCUT2D eigenvalue weighted by Gasteiger charge is 2.38. The minimum absolute atomic E-state index is 0.110. The SMILES string of the molecule is N#Cc1c(C(F)F)cc(CBr)nc1C(F)(F)F. The van der Waals surface area contributed by atoms with Gasteiger partial charge < -0.3 is 0 Å². The van der Waals surface area contributed by atoms with E-state index >= 15 is 0 Å². The predicted octanol–water partition coefficient (Wildman–Crippen LogP) is 3.80. The van der Waals surface area contributed by atoms with Gasteiger partial charge in [0.05, 0.1) is 11.3 Å². The van der Waals surface area contributed by atoms with Gasteiger partial charge in [-0.1, -0.05) is 15.9 Å². The number of rotatable bonds is 2. The zero-order valence-corrected chi connectivity index (χ0v) is 9.61. The van der Waals surface area contributed by atoms with Crippen molar-refractivity contribution in [3.8, 4) is 6.07 Å². The van der Waals surface area contributed by atoms with E-state index in [-0.39, 0.29) is 11.0 Å². The number of halogens is 6. The Morgan fingerprint density at radius 1 is 1.41 bits per heavy atom. The maximum Gasteiger partial charge on any atom is 0.434 e. The summed E-state index contributed by atoms with van der Waals surface area (Å²) >= 11 is 2.83. The van der Waals surface area contributed by atoms with Crippen LogP contribution < -0.4 is 0 Å². The van der Waals surface area contributed by atoms with Crippen LogP contribution in [0.4, 0.5) is 22.0 Å². The molecule has 0 saturated carbocycles. The summed E-state index contributed by atoms with van der Waals surface area (Å²) in [5.41, 5.74) is -3.86. The first-order valence-electron chi connectivity index (χ1n) is 4.16. The molecule has 0 N–H and O–H groups in total. The quantitative estimate of drug-likeness (QED) is 0.615. The second kappa shape index (κ2) is 4.96. The zero-order chi connectivity index (χ0) is 13.2. The first-order valence-corrected chi connectivity index (χ1v) is 5.28. The maximum atomic E-state index is 12.5. The lowest BCUT2D eigenvalue weighted by atomic mass is 10.1. The third-order valence-electron chi connectivity index (χ3n) is 1.86. The molecule has 0 aromatic carbocycles. The Kier molecular flexibility index (Phi) is 4.03. The van der Waals surface area contributed by atoms with Gasteiger partial charge in [0.1, 0.15) is 6.07 Å². The van der Waals surface area contributed by atoms with Crippen LogP contribution in [-0.4, -0.2) is 4.98 Å². The van der Waals surface area contributed by atoms with Crippen molar-refractivity contribution in [2.75, 3.05) is 0 Å². The van der Waals surface area contributed by atoms with Gasteiger partial charge in [0, 0.05) is 10.9 Å². The molecule has 0 radical (unpaired) electrons. The van der Waals surface area contributed by atoms with Gasteiger partial charge in [0.15, 0.2) is 5.69 Å². The number of hydrogen-bond acceptors (Lipinski definition) is 2. The van der Waals surface area contributed by atoms with E-state index in [1.807, 2.05) is 0 Å². The van der Waals surface area contributed by atoms with Crippen molar-refractivity contribution in [1.82, 2.24) is 4.98 Å². The number of nitrogens with zero attached hydrogens (tertiary/aromatic N) is 2. The van der Waals surface area contributed by atoms with Crippen molar-refractivity contribution in [3.63, 3.8) is 0 Å². The summed E-state index contributed by atoms with van der Waals surface area (Å²) < 4.78 is 62.6. The molecule has 0 aliphatic rings. The summed E-state index contributed by atoms with van der Waals surface area (Å²) in [5.74, 6) is 0. The smallest absolute Gasteiger partial charge is 0.246 e. The van der Waals surface area contributed by atoms with E-state index in [2.05, 4.69) is 20.9 Å². The number of pyridine rings is 1. The monoisotopic (exact) mass is 314 g/mol. The van der Waals surface area contributed by atoms with Crippen LogP contribution in [0.15, 0.2) is 6.07 Å². The summed E-state index contributed by atoms with van der Waals surface area (Å²) in [7, 11) is 0. The molecule has 0 amide bonds. The van der Waals surface area contributed by atoms with Crippen molar-refractivity contribution >= 4 is 15.9 Å². The first kappa shape index (κ1) is 13.8. The van der Waals surface area contributed by atoms with E-state index in [9.17, 15) is 22.0 Å². The van der Waals surface area contributed by atoms with Crippen molar-refractivity contribution in [1.29, 1.82) is 5.26 Å². The molecule has 2 nitrogen and oxygen atoms in total. The molecule has 1 aromatic heterocycles. The Morgan fingerprint density at radius 3 is 2.35 bits per heavy atom. The fourth-order valence-electron chi connectivity index (χ4n) is 1.18. The molecule has 0 aliphatic carbocycles. The fraction of sp³-hybridized carbons (Fsp3) is 0.333. The van der Waals surface area contributed by atoms with Gasteiger partial charge >= 0.3 is 6.18 Å². The van der Waals surface area contributed by atoms with Gasteiger partial charge in [-0.25, -0.2) is 13.8 Å².